The summed E-state index contributed by atoms with van der Waals surface area (Å²) in [5.41, 5.74) is 0. The van der Waals surface area contributed by atoms with E-state index >= 15 is 0 Å². The highest BCUT2D eigenvalue weighted by Crippen LogP contribution is 2.24. The van der Waals surface area contributed by atoms with E-state index in [0.717, 1.165) is 25.8 Å². The summed E-state index contributed by atoms with van der Waals surface area (Å²) in [6.07, 6.45) is 7.59. The topological polar surface area (TPSA) is 32.3 Å². The van der Waals surface area contributed by atoms with Crippen LogP contribution in [-0.4, -0.2) is 36.5 Å². The van der Waals surface area contributed by atoms with E-state index in [0.29, 0.717) is 12.0 Å². The molecule has 1 amide bonds. The van der Waals surface area contributed by atoms with Crippen LogP contribution in [-0.2, 0) is 4.79 Å². The third-order valence-corrected chi connectivity index (χ3v) is 3.62. The molecule has 1 aliphatic carbocycles. The van der Waals surface area contributed by atoms with E-state index < -0.39 is 0 Å². The molecule has 1 heterocycles. The molecule has 0 aromatic carbocycles. The van der Waals surface area contributed by atoms with E-state index in [1.54, 1.807) is 0 Å². The molecule has 3 atom stereocenters. The first-order chi connectivity index (χ1) is 7.24. The van der Waals surface area contributed by atoms with Crippen molar-refractivity contribution in [3.05, 3.63) is 12.2 Å². The fourth-order valence-corrected chi connectivity index (χ4v) is 2.51. The number of likely N-dealkylation sites (N-methyl/N-ethyl adjacent to an activating group) is 1. The Morgan fingerprint density at radius 2 is 2.27 bits per heavy atom. The van der Waals surface area contributed by atoms with E-state index in [2.05, 4.69) is 24.4 Å². The summed E-state index contributed by atoms with van der Waals surface area (Å²) in [5, 5.41) is 3.16. The van der Waals surface area contributed by atoms with Gasteiger partial charge in [0.25, 0.3) is 0 Å². The number of rotatable bonds is 2. The molecule has 84 valence electrons. The second-order valence-corrected chi connectivity index (χ2v) is 4.65. The SMILES string of the molecule is CNC1C(=O)N(C2C=CC2)CCCC1C. The van der Waals surface area contributed by atoms with Gasteiger partial charge in [0.15, 0.2) is 0 Å². The zero-order valence-electron chi connectivity index (χ0n) is 9.57. The van der Waals surface area contributed by atoms with Crippen LogP contribution in [0.3, 0.4) is 0 Å². The van der Waals surface area contributed by atoms with E-state index in [4.69, 9.17) is 0 Å². The normalized spacial score (nSPS) is 36.3. The van der Waals surface area contributed by atoms with Crippen molar-refractivity contribution >= 4 is 5.91 Å². The number of carbonyl (C=O) groups is 1. The van der Waals surface area contributed by atoms with Gasteiger partial charge in [-0.25, -0.2) is 0 Å². The van der Waals surface area contributed by atoms with Crippen LogP contribution < -0.4 is 5.32 Å². The van der Waals surface area contributed by atoms with Crippen LogP contribution in [0.4, 0.5) is 0 Å². The van der Waals surface area contributed by atoms with Crippen molar-refractivity contribution < 1.29 is 4.79 Å². The number of likely N-dealkylation sites (tertiary alicyclic amines) is 1. The summed E-state index contributed by atoms with van der Waals surface area (Å²) in [6, 6.07) is 0.389. The summed E-state index contributed by atoms with van der Waals surface area (Å²) in [7, 11) is 1.89. The lowest BCUT2D eigenvalue weighted by molar-refractivity contribution is -0.135. The predicted octanol–water partition coefficient (Wildman–Crippen LogP) is 1.16. The maximum absolute atomic E-state index is 12.3. The molecule has 1 aliphatic heterocycles. The Kier molecular flexibility index (Phi) is 3.10. The Balaban J connectivity index is 2.11. The first kappa shape index (κ1) is 10.7. The standard InChI is InChI=1S/C12H20N2O/c1-9-5-4-8-14(10-6-3-7-10)12(15)11(9)13-2/h3,6,9-11,13H,4-5,7-8H2,1-2H3. The fourth-order valence-electron chi connectivity index (χ4n) is 2.51. The van der Waals surface area contributed by atoms with Crippen LogP contribution >= 0.6 is 0 Å². The number of nitrogens with zero attached hydrogens (tertiary/aromatic N) is 1. The molecule has 2 rings (SSSR count). The molecular weight excluding hydrogens is 188 g/mol. The van der Waals surface area contributed by atoms with Crippen LogP contribution in [0.15, 0.2) is 12.2 Å². The van der Waals surface area contributed by atoms with Crippen molar-refractivity contribution in [2.75, 3.05) is 13.6 Å². The molecule has 3 nitrogen and oxygen atoms in total. The molecule has 1 N–H and O–H groups in total. The quantitative estimate of drug-likeness (QED) is 0.691. The molecule has 3 heteroatoms. The molecule has 0 aromatic rings. The first-order valence-corrected chi connectivity index (χ1v) is 5.88. The van der Waals surface area contributed by atoms with Crippen LogP contribution in [0, 0.1) is 5.92 Å². The summed E-state index contributed by atoms with van der Waals surface area (Å²) < 4.78 is 0. The molecule has 2 aliphatic rings. The maximum Gasteiger partial charge on any atom is 0.240 e. The van der Waals surface area contributed by atoms with Gasteiger partial charge >= 0.3 is 0 Å². The van der Waals surface area contributed by atoms with Gasteiger partial charge in [0.05, 0.1) is 12.1 Å². The highest BCUT2D eigenvalue weighted by Gasteiger charge is 2.34. The molecule has 15 heavy (non-hydrogen) atoms. The Bertz CT molecular complexity index is 275. The largest absolute Gasteiger partial charge is 0.335 e. The monoisotopic (exact) mass is 208 g/mol. The zero-order chi connectivity index (χ0) is 10.8. The third-order valence-electron chi connectivity index (χ3n) is 3.62. The maximum atomic E-state index is 12.3. The number of hydrogen-bond donors (Lipinski definition) is 1. The number of nitrogens with one attached hydrogen (secondary N) is 1. The summed E-state index contributed by atoms with van der Waals surface area (Å²) >= 11 is 0. The van der Waals surface area contributed by atoms with Crippen molar-refractivity contribution in [1.82, 2.24) is 10.2 Å². The van der Waals surface area contributed by atoms with Crippen LogP contribution in [0.2, 0.25) is 0 Å². The predicted molar refractivity (Wildman–Crippen MR) is 60.5 cm³/mol. The summed E-state index contributed by atoms with van der Waals surface area (Å²) in [5.74, 6) is 0.744. The van der Waals surface area contributed by atoms with E-state index in [1.165, 1.54) is 0 Å². The van der Waals surface area contributed by atoms with Gasteiger partial charge in [0.2, 0.25) is 5.91 Å². The summed E-state index contributed by atoms with van der Waals surface area (Å²) in [4.78, 5) is 14.3. The molecular formula is C12H20N2O. The van der Waals surface area contributed by atoms with Gasteiger partial charge in [-0.05, 0) is 32.2 Å². The lowest BCUT2D eigenvalue weighted by Gasteiger charge is -2.34. The lowest BCUT2D eigenvalue weighted by atomic mass is 9.97. The van der Waals surface area contributed by atoms with Gasteiger partial charge in [0, 0.05) is 6.54 Å². The van der Waals surface area contributed by atoms with E-state index in [9.17, 15) is 4.79 Å². The van der Waals surface area contributed by atoms with E-state index in [1.807, 2.05) is 11.9 Å². The average Bonchev–Trinajstić information content (AvgIpc) is 2.25. The minimum Gasteiger partial charge on any atom is -0.335 e. The minimum atomic E-state index is 0.0153. The molecule has 0 saturated carbocycles. The van der Waals surface area contributed by atoms with Gasteiger partial charge < -0.3 is 10.2 Å². The molecule has 3 unspecified atom stereocenters. The molecule has 1 fully saturated rings. The van der Waals surface area contributed by atoms with E-state index in [-0.39, 0.29) is 11.9 Å². The summed E-state index contributed by atoms with van der Waals surface area (Å²) in [6.45, 7) is 3.09. The smallest absolute Gasteiger partial charge is 0.240 e. The van der Waals surface area contributed by atoms with Crippen LogP contribution in [0.5, 0.6) is 0 Å². The van der Waals surface area contributed by atoms with Crippen molar-refractivity contribution in [1.29, 1.82) is 0 Å². The number of amides is 1. The molecule has 0 spiro atoms. The number of hydrogen-bond acceptors (Lipinski definition) is 2. The van der Waals surface area contributed by atoms with Crippen LogP contribution in [0.1, 0.15) is 26.2 Å². The Hall–Kier alpha value is -0.830. The fraction of sp³-hybridized carbons (Fsp3) is 0.750. The molecule has 0 bridgehead atoms. The van der Waals surface area contributed by atoms with Crippen molar-refractivity contribution in [3.8, 4) is 0 Å². The Labute approximate surface area is 91.5 Å². The third kappa shape index (κ3) is 1.93. The Morgan fingerprint density at radius 3 is 2.80 bits per heavy atom. The van der Waals surface area contributed by atoms with Gasteiger partial charge in [-0.15, -0.1) is 0 Å². The molecule has 0 radical (unpaired) electrons. The average molecular weight is 208 g/mol. The van der Waals surface area contributed by atoms with Gasteiger partial charge in [-0.1, -0.05) is 19.1 Å². The van der Waals surface area contributed by atoms with Crippen LogP contribution in [0.25, 0.3) is 0 Å². The zero-order valence-corrected chi connectivity index (χ0v) is 9.57. The number of carbonyl (C=O) groups excluding carboxylic acids is 1. The Morgan fingerprint density at radius 1 is 1.53 bits per heavy atom. The second kappa shape index (κ2) is 4.35. The lowest BCUT2D eigenvalue weighted by Crippen LogP contribution is -2.51. The molecule has 0 aromatic heterocycles. The second-order valence-electron chi connectivity index (χ2n) is 4.65. The van der Waals surface area contributed by atoms with Gasteiger partial charge in [-0.3, -0.25) is 4.79 Å². The highest BCUT2D eigenvalue weighted by atomic mass is 16.2. The van der Waals surface area contributed by atoms with Gasteiger partial charge in [0.1, 0.15) is 0 Å². The first-order valence-electron chi connectivity index (χ1n) is 5.88. The van der Waals surface area contributed by atoms with Crippen molar-refractivity contribution in [2.45, 2.75) is 38.3 Å². The van der Waals surface area contributed by atoms with Gasteiger partial charge in [-0.2, -0.15) is 0 Å². The van der Waals surface area contributed by atoms with Crippen molar-refractivity contribution in [2.24, 2.45) is 5.92 Å². The minimum absolute atomic E-state index is 0.0153. The van der Waals surface area contributed by atoms with Crippen molar-refractivity contribution in [3.63, 3.8) is 0 Å². The highest BCUT2D eigenvalue weighted by molar-refractivity contribution is 5.83. The molecule has 1 saturated heterocycles.